The number of hydrogen-bond donors (Lipinski definition) is 3. The highest BCUT2D eigenvalue weighted by atomic mass is 35.5. The van der Waals surface area contributed by atoms with Crippen LogP contribution in [0.3, 0.4) is 0 Å². The Labute approximate surface area is 204 Å². The first-order chi connectivity index (χ1) is 16.5. The van der Waals surface area contributed by atoms with Gasteiger partial charge in [-0.15, -0.1) is 0 Å². The molecule has 4 aromatic rings. The third-order valence-corrected chi connectivity index (χ3v) is 6.31. The van der Waals surface area contributed by atoms with Gasteiger partial charge in [-0.2, -0.15) is 0 Å². The van der Waals surface area contributed by atoms with Crippen molar-refractivity contribution in [3.8, 4) is 16.9 Å². The van der Waals surface area contributed by atoms with Gasteiger partial charge in [0, 0.05) is 28.0 Å². The number of rotatable bonds is 9. The molecular weight excluding hydrogens is 448 g/mol. The third-order valence-electron chi connectivity index (χ3n) is 6.07. The summed E-state index contributed by atoms with van der Waals surface area (Å²) in [6.45, 7) is 4.34. The fourth-order valence-corrected chi connectivity index (χ4v) is 4.35. The Morgan fingerprint density at radius 3 is 2.65 bits per heavy atom. The van der Waals surface area contributed by atoms with Crippen molar-refractivity contribution in [2.75, 3.05) is 13.2 Å². The number of aromatic amines is 1. The van der Waals surface area contributed by atoms with E-state index in [0.29, 0.717) is 22.9 Å². The van der Waals surface area contributed by atoms with Crippen LogP contribution in [0, 0.1) is 0 Å². The van der Waals surface area contributed by atoms with E-state index < -0.39 is 6.04 Å². The lowest BCUT2D eigenvalue weighted by Gasteiger charge is -2.24. The Morgan fingerprint density at radius 2 is 1.88 bits per heavy atom. The molecule has 0 fully saturated rings. The monoisotopic (exact) mass is 476 g/mol. The van der Waals surface area contributed by atoms with Crippen LogP contribution in [0.25, 0.3) is 22.0 Å². The number of H-pyrrole nitrogens is 1. The van der Waals surface area contributed by atoms with Crippen LogP contribution in [0.2, 0.25) is 5.02 Å². The fourth-order valence-electron chi connectivity index (χ4n) is 4.16. The molecule has 2 atom stereocenters. The Hall–Kier alpha value is -3.28. The van der Waals surface area contributed by atoms with Crippen LogP contribution < -0.4 is 10.1 Å². The zero-order valence-corrected chi connectivity index (χ0v) is 20.1. The summed E-state index contributed by atoms with van der Waals surface area (Å²) in [6.07, 6.45) is 2.77. The molecule has 0 aliphatic rings. The maximum atomic E-state index is 13.4. The van der Waals surface area contributed by atoms with Crippen molar-refractivity contribution in [2.45, 2.75) is 32.2 Å². The lowest BCUT2D eigenvalue weighted by atomic mass is 9.93. The molecule has 1 aromatic heterocycles. The molecule has 34 heavy (non-hydrogen) atoms. The van der Waals surface area contributed by atoms with E-state index in [2.05, 4.69) is 10.3 Å². The van der Waals surface area contributed by atoms with Crippen LogP contribution in [-0.2, 0) is 0 Å². The van der Waals surface area contributed by atoms with Crippen LogP contribution >= 0.6 is 11.6 Å². The molecule has 1 heterocycles. The number of aromatic nitrogens is 1. The summed E-state index contributed by atoms with van der Waals surface area (Å²) in [6, 6.07) is 20.6. The first-order valence-corrected chi connectivity index (χ1v) is 11.9. The van der Waals surface area contributed by atoms with E-state index in [4.69, 9.17) is 16.3 Å². The summed E-state index contributed by atoms with van der Waals surface area (Å²) < 4.78 is 5.87. The number of aliphatic hydroxyl groups excluding tert-OH is 1. The van der Waals surface area contributed by atoms with E-state index in [1.54, 1.807) is 0 Å². The van der Waals surface area contributed by atoms with Crippen LogP contribution in [-0.4, -0.2) is 35.3 Å². The molecule has 5 nitrogen and oxygen atoms in total. The highest BCUT2D eigenvalue weighted by molar-refractivity contribution is 6.30. The number of nitrogens with one attached hydrogen (secondary N) is 2. The molecular formula is C28H29ClN2O3. The largest absolute Gasteiger partial charge is 0.493 e. The summed E-state index contributed by atoms with van der Waals surface area (Å²) in [4.78, 5) is 16.7. The predicted molar refractivity (Wildman–Crippen MR) is 138 cm³/mol. The number of fused-ring (bicyclic) bond motifs is 1. The molecule has 1 amide bonds. The quantitative estimate of drug-likeness (QED) is 0.270. The summed E-state index contributed by atoms with van der Waals surface area (Å²) in [7, 11) is 0. The van der Waals surface area contributed by atoms with E-state index in [0.717, 1.165) is 34.0 Å². The SMILES string of the molecule is CCCOc1ccc(-c2cccc(Cl)c2)cc1C(=O)NC(CO)[C@H](C)c1c[nH]c2ccccc12. The number of carbonyl (C=O) groups excluding carboxylic acids is 1. The van der Waals surface area contributed by atoms with Crippen molar-refractivity contribution < 1.29 is 14.6 Å². The number of carbonyl (C=O) groups is 1. The van der Waals surface area contributed by atoms with Gasteiger partial charge in [0.25, 0.3) is 5.91 Å². The highest BCUT2D eigenvalue weighted by Crippen LogP contribution is 2.30. The van der Waals surface area contributed by atoms with Gasteiger partial charge in [0.1, 0.15) is 5.75 Å². The maximum absolute atomic E-state index is 13.4. The average molecular weight is 477 g/mol. The van der Waals surface area contributed by atoms with Crippen LogP contribution in [0.15, 0.2) is 72.9 Å². The van der Waals surface area contributed by atoms with Gasteiger partial charge in [0.05, 0.1) is 24.8 Å². The zero-order valence-electron chi connectivity index (χ0n) is 19.3. The van der Waals surface area contributed by atoms with Crippen LogP contribution in [0.5, 0.6) is 5.75 Å². The zero-order chi connectivity index (χ0) is 24.1. The van der Waals surface area contributed by atoms with E-state index in [9.17, 15) is 9.90 Å². The van der Waals surface area contributed by atoms with Gasteiger partial charge in [0.2, 0.25) is 0 Å². The highest BCUT2D eigenvalue weighted by Gasteiger charge is 2.25. The van der Waals surface area contributed by atoms with Crippen molar-refractivity contribution >= 4 is 28.4 Å². The minimum atomic E-state index is -0.472. The minimum absolute atomic E-state index is 0.110. The Kier molecular flexibility index (Phi) is 7.56. The van der Waals surface area contributed by atoms with Gasteiger partial charge < -0.3 is 20.1 Å². The van der Waals surface area contributed by atoms with E-state index in [1.165, 1.54) is 0 Å². The molecule has 0 aliphatic heterocycles. The van der Waals surface area contributed by atoms with Crippen LogP contribution in [0.1, 0.15) is 42.1 Å². The van der Waals surface area contributed by atoms with Crippen LogP contribution in [0.4, 0.5) is 0 Å². The Morgan fingerprint density at radius 1 is 1.09 bits per heavy atom. The van der Waals surface area contributed by atoms with Gasteiger partial charge in [-0.25, -0.2) is 0 Å². The first-order valence-electron chi connectivity index (χ1n) is 11.5. The van der Waals surface area contributed by atoms with Crippen molar-refractivity contribution in [1.82, 2.24) is 10.3 Å². The fraction of sp³-hybridized carbons (Fsp3) is 0.250. The summed E-state index contributed by atoms with van der Waals surface area (Å²) in [5.41, 5.74) is 4.27. The summed E-state index contributed by atoms with van der Waals surface area (Å²) in [5, 5.41) is 14.9. The Balaban J connectivity index is 1.63. The number of amides is 1. The molecule has 0 aliphatic carbocycles. The number of para-hydroxylation sites is 1. The molecule has 3 aromatic carbocycles. The van der Waals surface area contributed by atoms with E-state index >= 15 is 0 Å². The molecule has 0 saturated heterocycles. The second-order valence-corrected chi connectivity index (χ2v) is 8.85. The first kappa shape index (κ1) is 23.9. The number of halogens is 1. The minimum Gasteiger partial charge on any atom is -0.493 e. The molecule has 0 bridgehead atoms. The number of hydrogen-bond acceptors (Lipinski definition) is 3. The number of aliphatic hydroxyl groups is 1. The maximum Gasteiger partial charge on any atom is 0.255 e. The number of ether oxygens (including phenoxy) is 1. The summed E-state index contributed by atoms with van der Waals surface area (Å²) >= 11 is 6.18. The molecule has 4 rings (SSSR count). The lowest BCUT2D eigenvalue weighted by molar-refractivity contribution is 0.0903. The van der Waals surface area contributed by atoms with Gasteiger partial charge in [-0.3, -0.25) is 4.79 Å². The average Bonchev–Trinajstić information content (AvgIpc) is 3.29. The molecule has 0 saturated carbocycles. The molecule has 0 radical (unpaired) electrons. The van der Waals surface area contributed by atoms with Crippen molar-refractivity contribution in [3.63, 3.8) is 0 Å². The normalized spacial score (nSPS) is 12.9. The third kappa shape index (κ3) is 5.11. The van der Waals surface area contributed by atoms with Crippen molar-refractivity contribution in [3.05, 3.63) is 89.1 Å². The molecule has 3 N–H and O–H groups in total. The van der Waals surface area contributed by atoms with Gasteiger partial charge in [-0.1, -0.05) is 61.8 Å². The second kappa shape index (κ2) is 10.8. The standard InChI is InChI=1S/C28H29ClN2O3/c1-3-13-34-27-12-11-20(19-7-6-8-21(29)14-19)15-23(27)28(33)31-26(17-32)18(2)24-16-30-25-10-5-4-9-22(24)25/h4-12,14-16,18,26,30,32H,3,13,17H2,1-2H3,(H,31,33)/t18-,26?/m1/s1. The van der Waals surface area contributed by atoms with E-state index in [1.807, 2.05) is 86.8 Å². The predicted octanol–water partition coefficient (Wildman–Crippen LogP) is 6.17. The molecule has 176 valence electrons. The number of benzene rings is 3. The van der Waals surface area contributed by atoms with Crippen molar-refractivity contribution in [1.29, 1.82) is 0 Å². The van der Waals surface area contributed by atoms with Gasteiger partial charge >= 0.3 is 0 Å². The lowest BCUT2D eigenvalue weighted by Crippen LogP contribution is -2.41. The smallest absolute Gasteiger partial charge is 0.255 e. The topological polar surface area (TPSA) is 74.3 Å². The summed E-state index contributed by atoms with van der Waals surface area (Å²) in [5.74, 6) is 0.114. The van der Waals surface area contributed by atoms with E-state index in [-0.39, 0.29) is 18.4 Å². The molecule has 6 heteroatoms. The van der Waals surface area contributed by atoms with Gasteiger partial charge in [-0.05, 0) is 53.4 Å². The molecule has 0 spiro atoms. The van der Waals surface area contributed by atoms with Gasteiger partial charge in [0.15, 0.2) is 0 Å². The Bertz CT molecular complexity index is 1280. The molecule has 1 unspecified atom stereocenters. The second-order valence-electron chi connectivity index (χ2n) is 8.41. The van der Waals surface area contributed by atoms with Crippen molar-refractivity contribution in [2.24, 2.45) is 0 Å².